The summed E-state index contributed by atoms with van der Waals surface area (Å²) in [5.74, 6) is 0. The maximum atomic E-state index is 4.65. The molecule has 4 nitrogen and oxygen atoms in total. The summed E-state index contributed by atoms with van der Waals surface area (Å²) in [5.41, 5.74) is 12.9. The first kappa shape index (κ1) is 28.3. The fourth-order valence-corrected chi connectivity index (χ4v) is 9.11. The molecule has 4 heterocycles. The van der Waals surface area contributed by atoms with Crippen LogP contribution in [0.5, 0.6) is 0 Å². The lowest BCUT2D eigenvalue weighted by Crippen LogP contribution is -1.95. The Morgan fingerprint density at radius 2 is 1.02 bits per heavy atom. The summed E-state index contributed by atoms with van der Waals surface area (Å²) in [7, 11) is 0. The fourth-order valence-electron chi connectivity index (χ4n) is 7.98. The van der Waals surface area contributed by atoms with E-state index < -0.39 is 0 Å². The molecule has 0 saturated carbocycles. The van der Waals surface area contributed by atoms with Gasteiger partial charge in [0, 0.05) is 38.8 Å². The average Bonchev–Trinajstić information content (AvgIpc) is 3.85. The van der Waals surface area contributed by atoms with Gasteiger partial charge in [0.1, 0.15) is 6.33 Å². The Hall–Kier alpha value is -6.56. The van der Waals surface area contributed by atoms with Gasteiger partial charge in [0.05, 0.1) is 42.7 Å². The lowest BCUT2D eigenvalue weighted by molar-refractivity contribution is 1.18. The Kier molecular flexibility index (Phi) is 6.09. The number of hydrogen-bond donors (Lipinski definition) is 0. The topological polar surface area (TPSA) is 35.6 Å². The molecule has 7 aromatic carbocycles. The van der Waals surface area contributed by atoms with Gasteiger partial charge in [-0.05, 0) is 64.7 Å². The molecular formula is C46H28N4S. The van der Waals surface area contributed by atoms with Crippen LogP contribution in [0, 0.1) is 0 Å². The van der Waals surface area contributed by atoms with Crippen LogP contribution < -0.4 is 0 Å². The molecule has 4 aromatic heterocycles. The highest BCUT2D eigenvalue weighted by Gasteiger charge is 2.20. The van der Waals surface area contributed by atoms with Crippen molar-refractivity contribution in [3.8, 4) is 33.6 Å². The molecular weight excluding hydrogens is 641 g/mol. The maximum Gasteiger partial charge on any atom is 0.116 e. The second-order valence-electron chi connectivity index (χ2n) is 13.1. The summed E-state index contributed by atoms with van der Waals surface area (Å²) in [6.45, 7) is 0. The first-order chi connectivity index (χ1) is 25.3. The molecule has 0 saturated heterocycles. The van der Waals surface area contributed by atoms with Crippen LogP contribution in [0.15, 0.2) is 170 Å². The third kappa shape index (κ3) is 4.25. The molecule has 0 aliphatic heterocycles. The van der Waals surface area contributed by atoms with Gasteiger partial charge in [-0.15, -0.1) is 11.3 Å². The minimum absolute atomic E-state index is 1.01. The average molecular weight is 669 g/mol. The van der Waals surface area contributed by atoms with Crippen molar-refractivity contribution in [2.75, 3.05) is 0 Å². The van der Waals surface area contributed by atoms with E-state index in [1.54, 1.807) is 17.7 Å². The second kappa shape index (κ2) is 11.0. The van der Waals surface area contributed by atoms with Gasteiger partial charge in [0.2, 0.25) is 0 Å². The predicted molar refractivity (Wildman–Crippen MR) is 214 cm³/mol. The van der Waals surface area contributed by atoms with E-state index in [0.717, 1.165) is 27.0 Å². The molecule has 0 aliphatic rings. The van der Waals surface area contributed by atoms with Gasteiger partial charge in [-0.1, -0.05) is 115 Å². The van der Waals surface area contributed by atoms with Crippen LogP contribution in [0.4, 0.5) is 0 Å². The third-order valence-electron chi connectivity index (χ3n) is 10.3. The number of hydrogen-bond acceptors (Lipinski definition) is 3. The Balaban J connectivity index is 1.14. The highest BCUT2D eigenvalue weighted by molar-refractivity contribution is 7.26. The first-order valence-corrected chi connectivity index (χ1v) is 18.0. The van der Waals surface area contributed by atoms with E-state index in [2.05, 4.69) is 177 Å². The third-order valence-corrected chi connectivity index (χ3v) is 11.4. The molecule has 0 aliphatic carbocycles. The molecule has 0 bridgehead atoms. The van der Waals surface area contributed by atoms with E-state index in [9.17, 15) is 0 Å². The summed E-state index contributed by atoms with van der Waals surface area (Å²) in [6, 6.07) is 57.3. The van der Waals surface area contributed by atoms with Gasteiger partial charge < -0.3 is 9.13 Å². The fraction of sp³-hybridized carbons (Fsp3) is 0. The van der Waals surface area contributed by atoms with E-state index in [1.807, 2.05) is 6.20 Å². The molecule has 0 N–H and O–H groups in total. The predicted octanol–water partition coefficient (Wildman–Crippen LogP) is 12.4. The van der Waals surface area contributed by atoms with Gasteiger partial charge in [0.25, 0.3) is 0 Å². The molecule has 0 fully saturated rings. The quantitative estimate of drug-likeness (QED) is 0.187. The van der Waals surface area contributed by atoms with E-state index in [-0.39, 0.29) is 0 Å². The van der Waals surface area contributed by atoms with Gasteiger partial charge in [0.15, 0.2) is 0 Å². The smallest absolute Gasteiger partial charge is 0.116 e. The maximum absolute atomic E-state index is 4.65. The van der Waals surface area contributed by atoms with Crippen LogP contribution in [-0.2, 0) is 0 Å². The molecule has 11 rings (SSSR count). The van der Waals surface area contributed by atoms with Crippen LogP contribution in [0.25, 0.3) is 97.5 Å². The summed E-state index contributed by atoms with van der Waals surface area (Å²) >= 11 is 1.76. The minimum Gasteiger partial charge on any atom is -0.309 e. The monoisotopic (exact) mass is 668 g/mol. The summed E-state index contributed by atoms with van der Waals surface area (Å²) in [4.78, 5) is 8.97. The van der Waals surface area contributed by atoms with Crippen LogP contribution in [0.3, 0.4) is 0 Å². The molecule has 0 atom stereocenters. The molecule has 0 unspecified atom stereocenters. The number of nitrogens with zero attached hydrogens (tertiary/aromatic N) is 4. The van der Waals surface area contributed by atoms with Gasteiger partial charge in [-0.2, -0.15) is 0 Å². The lowest BCUT2D eigenvalue weighted by Gasteiger charge is -2.11. The largest absolute Gasteiger partial charge is 0.309 e. The Labute approximate surface area is 297 Å². The van der Waals surface area contributed by atoms with E-state index >= 15 is 0 Å². The number of rotatable bonds is 4. The minimum atomic E-state index is 1.01. The number of thiophene rings is 1. The molecule has 0 radical (unpaired) electrons. The Morgan fingerprint density at radius 3 is 1.78 bits per heavy atom. The second-order valence-corrected chi connectivity index (χ2v) is 14.1. The highest BCUT2D eigenvalue weighted by atomic mass is 32.1. The van der Waals surface area contributed by atoms with Crippen LogP contribution in [0.2, 0.25) is 0 Å². The van der Waals surface area contributed by atoms with Crippen LogP contribution in [0.1, 0.15) is 0 Å². The number of para-hydroxylation sites is 2. The van der Waals surface area contributed by atoms with E-state index in [4.69, 9.17) is 0 Å². The summed E-state index contributed by atoms with van der Waals surface area (Å²) in [5, 5.41) is 6.09. The van der Waals surface area contributed by atoms with Crippen molar-refractivity contribution < 1.29 is 0 Å². The Morgan fingerprint density at radius 1 is 0.431 bits per heavy atom. The van der Waals surface area contributed by atoms with Crippen molar-refractivity contribution >= 4 is 75.3 Å². The van der Waals surface area contributed by atoms with Gasteiger partial charge >= 0.3 is 0 Å². The number of aromatic nitrogens is 4. The highest BCUT2D eigenvalue weighted by Crippen LogP contribution is 2.43. The number of benzene rings is 7. The van der Waals surface area contributed by atoms with Crippen molar-refractivity contribution in [2.24, 2.45) is 0 Å². The summed E-state index contributed by atoms with van der Waals surface area (Å²) < 4.78 is 7.19. The number of fused-ring (bicyclic) bond motifs is 9. The molecule has 0 amide bonds. The first-order valence-electron chi connectivity index (χ1n) is 17.1. The molecule has 11 aromatic rings. The lowest BCUT2D eigenvalue weighted by atomic mass is 10.00. The molecule has 0 spiro atoms. The van der Waals surface area contributed by atoms with Crippen LogP contribution in [-0.4, -0.2) is 19.1 Å². The van der Waals surface area contributed by atoms with Crippen molar-refractivity contribution in [3.63, 3.8) is 0 Å². The Bertz CT molecular complexity index is 3130. The standard InChI is InChI=1S/C46H28N4S/c1-2-10-29(11-3-1)30-20-22-31(23-21-30)32-12-8-13-33(24-32)49-39-17-6-4-14-34(39)37-26-43-38(25-42(37)49)35-15-5-7-18-40(35)50(43)41-19-9-16-36-45-44(51-46(36)41)27-47-28-48-45/h1-28H. The van der Waals surface area contributed by atoms with E-state index in [0.29, 0.717) is 0 Å². The van der Waals surface area contributed by atoms with E-state index in [1.165, 1.54) is 70.6 Å². The zero-order valence-corrected chi connectivity index (χ0v) is 28.2. The molecule has 5 heteroatoms. The van der Waals surface area contributed by atoms with Gasteiger partial charge in [-0.25, -0.2) is 9.97 Å². The van der Waals surface area contributed by atoms with Crippen molar-refractivity contribution in [1.82, 2.24) is 19.1 Å². The zero-order valence-electron chi connectivity index (χ0n) is 27.4. The van der Waals surface area contributed by atoms with Crippen molar-refractivity contribution in [2.45, 2.75) is 0 Å². The molecule has 51 heavy (non-hydrogen) atoms. The SMILES string of the molecule is c1ccc(-c2ccc(-c3cccc(-n4c5ccccc5c5cc6c(cc54)c4ccccc4n6-c4cccc5c4sc4cncnc45)c3)cc2)cc1. The normalized spacial score (nSPS) is 11.9. The van der Waals surface area contributed by atoms with Gasteiger partial charge in [-0.3, -0.25) is 0 Å². The summed E-state index contributed by atoms with van der Waals surface area (Å²) in [6.07, 6.45) is 3.57. The van der Waals surface area contributed by atoms with Crippen molar-refractivity contribution in [1.29, 1.82) is 0 Å². The van der Waals surface area contributed by atoms with Crippen molar-refractivity contribution in [3.05, 3.63) is 170 Å². The zero-order chi connectivity index (χ0) is 33.5. The molecule has 238 valence electrons. The van der Waals surface area contributed by atoms with Crippen LogP contribution >= 0.6 is 11.3 Å².